The molecule has 322 valence electrons. The molecule has 0 amide bonds. The predicted octanol–water partition coefficient (Wildman–Crippen LogP) is 15.2. The molecule has 0 saturated carbocycles. The minimum Gasteiger partial charge on any atom is -0.507 e. The molecule has 2 aromatic heterocycles. The van der Waals surface area contributed by atoms with Crippen molar-refractivity contribution in [3.8, 4) is 67.5 Å². The van der Waals surface area contributed by atoms with E-state index in [4.69, 9.17) is 9.97 Å². The van der Waals surface area contributed by atoms with Gasteiger partial charge in [0.15, 0.2) is 0 Å². The number of nitrogens with zero attached hydrogens (tertiary/aromatic N) is 3. The van der Waals surface area contributed by atoms with Crippen LogP contribution in [0.4, 0.5) is 0 Å². The van der Waals surface area contributed by atoms with Crippen molar-refractivity contribution in [2.75, 3.05) is 0 Å². The van der Waals surface area contributed by atoms with E-state index in [1.54, 1.807) is 0 Å². The smallest absolute Gasteiger partial charge is 0.148 e. The van der Waals surface area contributed by atoms with E-state index in [9.17, 15) is 5.11 Å². The normalized spacial score (nSPS) is 12.0. The Bertz CT molecular complexity index is 3100. The third-order valence-corrected chi connectivity index (χ3v) is 12.5. The summed E-state index contributed by atoms with van der Waals surface area (Å²) in [5.41, 5.74) is 14.9. The second kappa shape index (κ2) is 17.3. The number of phenols is 1. The number of aromatic hydroxyl groups is 1. The van der Waals surface area contributed by atoms with Crippen LogP contribution < -0.4 is 0 Å². The summed E-state index contributed by atoms with van der Waals surface area (Å²) >= 11 is 0. The van der Waals surface area contributed by atoms with Crippen molar-refractivity contribution in [1.82, 2.24) is 14.5 Å². The molecule has 9 rings (SSSR count). The second-order valence-electron chi connectivity index (χ2n) is 19.2. The van der Waals surface area contributed by atoms with Crippen molar-refractivity contribution in [3.05, 3.63) is 204 Å². The van der Waals surface area contributed by atoms with Crippen molar-refractivity contribution < 1.29 is 26.2 Å². The molecule has 0 radical (unpaired) electrons. The predicted molar refractivity (Wildman–Crippen MR) is 263 cm³/mol. The monoisotopic (exact) mass is 1020 g/mol. The van der Waals surface area contributed by atoms with Crippen molar-refractivity contribution >= 4 is 11.0 Å². The third-order valence-electron chi connectivity index (χ3n) is 12.5. The fourth-order valence-electron chi connectivity index (χ4n) is 8.70. The summed E-state index contributed by atoms with van der Waals surface area (Å²) < 4.78 is 2.25. The number of phenolic OH excluding ortho intramolecular Hbond substituents is 1. The van der Waals surface area contributed by atoms with E-state index in [2.05, 4.69) is 224 Å². The number of benzene rings is 7. The van der Waals surface area contributed by atoms with Gasteiger partial charge in [-0.2, -0.15) is 0 Å². The Morgan fingerprint density at radius 3 is 1.78 bits per heavy atom. The summed E-state index contributed by atoms with van der Waals surface area (Å²) in [7, 11) is 0. The Balaban J connectivity index is 0.00000560. The molecule has 0 spiro atoms. The number of hydrogen-bond acceptors (Lipinski definition) is 3. The van der Waals surface area contributed by atoms with Gasteiger partial charge in [0.05, 0.1) is 22.3 Å². The van der Waals surface area contributed by atoms with Crippen LogP contribution >= 0.6 is 0 Å². The quantitative estimate of drug-likeness (QED) is 0.154. The van der Waals surface area contributed by atoms with Gasteiger partial charge < -0.3 is 5.11 Å². The van der Waals surface area contributed by atoms with Crippen LogP contribution in [0.15, 0.2) is 176 Å². The number of aromatic nitrogens is 3. The summed E-state index contributed by atoms with van der Waals surface area (Å²) in [6.07, 6.45) is 1.89. The molecule has 0 bridgehead atoms. The van der Waals surface area contributed by atoms with Gasteiger partial charge in [0, 0.05) is 49.5 Å². The Kier molecular flexibility index (Phi) is 12.0. The number of imidazole rings is 1. The first-order valence-electron chi connectivity index (χ1n) is 21.9. The molecule has 0 saturated heterocycles. The summed E-state index contributed by atoms with van der Waals surface area (Å²) in [5, 5.41) is 12.5. The van der Waals surface area contributed by atoms with Crippen LogP contribution in [0.2, 0.25) is 0 Å². The largest absolute Gasteiger partial charge is 0.507 e. The number of rotatable bonds is 8. The van der Waals surface area contributed by atoms with Gasteiger partial charge in [-0.3, -0.25) is 9.55 Å². The minimum atomic E-state index is -0.355. The van der Waals surface area contributed by atoms with Gasteiger partial charge in [0.1, 0.15) is 11.6 Å². The van der Waals surface area contributed by atoms with E-state index in [0.29, 0.717) is 11.4 Å². The molecule has 0 aliphatic heterocycles. The summed E-state index contributed by atoms with van der Waals surface area (Å²) in [5.74, 6) is 0.920. The average Bonchev–Trinajstić information content (AvgIpc) is 3.68. The van der Waals surface area contributed by atoms with E-state index in [1.807, 2.05) is 18.3 Å². The van der Waals surface area contributed by atoms with Gasteiger partial charge in [0.25, 0.3) is 0 Å². The van der Waals surface area contributed by atoms with Gasteiger partial charge in [-0.1, -0.05) is 200 Å². The molecule has 0 aliphatic carbocycles. The molecule has 2 heterocycles. The zero-order chi connectivity index (χ0) is 44.1. The first-order chi connectivity index (χ1) is 30.2. The summed E-state index contributed by atoms with van der Waals surface area (Å²) in [6, 6.07) is 63.5. The Hall–Kier alpha value is -6.35. The number of hydrogen-bond donors (Lipinski definition) is 1. The van der Waals surface area contributed by atoms with E-state index in [1.165, 1.54) is 5.56 Å². The minimum absolute atomic E-state index is 0. The SMILES string of the molecule is CC(C)(C)c1cc(-c2nc3c(-c4[c-]c(-c5cc(-c6ccccc6)ccn5)cc(C(C)(C)c5ccccc5)c4)cccc3n2-c2ccccc2-c2ccccc2)c(O)c(C(C)(C)C)c1.[Pt]. The van der Waals surface area contributed by atoms with E-state index in [0.717, 1.165) is 78.0 Å². The first-order valence-corrected chi connectivity index (χ1v) is 21.9. The van der Waals surface area contributed by atoms with Crippen LogP contribution in [-0.2, 0) is 37.3 Å². The fourth-order valence-corrected chi connectivity index (χ4v) is 8.70. The Morgan fingerprint density at radius 1 is 0.500 bits per heavy atom. The third kappa shape index (κ3) is 8.40. The standard InChI is InChI=1S/C59H54N3O.Pt/c1-57(2,3)45-37-49(55(63)50(38-45)58(4,5)6)56-61-54-48(28-20-30-53(54)62(56)52-29-19-18-27-47(52)40-23-14-10-15-24-40)42-33-43(35-46(34-42)59(7,8)44-25-16-11-17-26-44)51-36-41(31-32-60-51)39-21-12-9-13-22-39;/h9-32,34-38,63H,1-8H3;/q-1;. The van der Waals surface area contributed by atoms with Crippen molar-refractivity contribution in [3.63, 3.8) is 0 Å². The number of fused-ring (bicyclic) bond motifs is 1. The molecular weight excluding hydrogens is 962 g/mol. The topological polar surface area (TPSA) is 50.9 Å². The van der Waals surface area contributed by atoms with Crippen LogP contribution in [0, 0.1) is 6.07 Å². The zero-order valence-electron chi connectivity index (χ0n) is 37.8. The molecule has 4 nitrogen and oxygen atoms in total. The Morgan fingerprint density at radius 2 is 1.11 bits per heavy atom. The molecule has 7 aromatic carbocycles. The number of pyridine rings is 1. The molecule has 0 aliphatic rings. The van der Waals surface area contributed by atoms with Gasteiger partial charge in [-0.05, 0) is 62.9 Å². The van der Waals surface area contributed by atoms with E-state index >= 15 is 0 Å². The van der Waals surface area contributed by atoms with E-state index < -0.39 is 0 Å². The molecule has 5 heteroatoms. The second-order valence-corrected chi connectivity index (χ2v) is 19.2. The maximum atomic E-state index is 12.5. The molecule has 64 heavy (non-hydrogen) atoms. The average molecular weight is 1020 g/mol. The fraction of sp³-hybridized carbons (Fsp3) is 0.186. The van der Waals surface area contributed by atoms with E-state index in [-0.39, 0.29) is 43.1 Å². The molecule has 9 aromatic rings. The van der Waals surface area contributed by atoms with Crippen LogP contribution in [0.5, 0.6) is 5.75 Å². The van der Waals surface area contributed by atoms with Crippen molar-refractivity contribution in [1.29, 1.82) is 0 Å². The molecular formula is C59H54N3OPt-. The van der Waals surface area contributed by atoms with Gasteiger partial charge in [0.2, 0.25) is 0 Å². The molecule has 0 unspecified atom stereocenters. The van der Waals surface area contributed by atoms with Gasteiger partial charge >= 0.3 is 0 Å². The van der Waals surface area contributed by atoms with Gasteiger partial charge in [-0.15, -0.1) is 29.3 Å². The summed E-state index contributed by atoms with van der Waals surface area (Å²) in [6.45, 7) is 17.7. The van der Waals surface area contributed by atoms with Gasteiger partial charge in [-0.25, -0.2) is 4.98 Å². The Labute approximate surface area is 393 Å². The molecule has 1 N–H and O–H groups in total. The van der Waals surface area contributed by atoms with Crippen molar-refractivity contribution in [2.45, 2.75) is 71.6 Å². The zero-order valence-corrected chi connectivity index (χ0v) is 40.1. The first kappa shape index (κ1) is 44.3. The maximum absolute atomic E-state index is 12.5. The number of para-hydroxylation sites is 2. The van der Waals surface area contributed by atoms with Crippen LogP contribution in [0.1, 0.15) is 77.6 Å². The van der Waals surface area contributed by atoms with Crippen LogP contribution in [0.3, 0.4) is 0 Å². The molecule has 0 fully saturated rings. The molecule has 0 atom stereocenters. The summed E-state index contributed by atoms with van der Waals surface area (Å²) in [4.78, 5) is 10.6. The van der Waals surface area contributed by atoms with Crippen LogP contribution in [0.25, 0.3) is 72.7 Å². The maximum Gasteiger partial charge on any atom is 0.148 e. The van der Waals surface area contributed by atoms with Crippen LogP contribution in [-0.4, -0.2) is 19.6 Å². The van der Waals surface area contributed by atoms with Crippen molar-refractivity contribution in [2.24, 2.45) is 0 Å².